The number of methoxy groups -OCH3 is 1. The molecular weight excluding hydrogens is 370 g/mol. The van der Waals surface area contributed by atoms with Crippen LogP contribution in [-0.2, 0) is 4.74 Å². The maximum atomic E-state index is 12.9. The van der Waals surface area contributed by atoms with E-state index in [-0.39, 0.29) is 23.3 Å². The van der Waals surface area contributed by atoms with Gasteiger partial charge in [-0.1, -0.05) is 13.0 Å². The Labute approximate surface area is 170 Å². The highest BCUT2D eigenvalue weighted by atomic mass is 16.5. The third-order valence-electron chi connectivity index (χ3n) is 5.12. The van der Waals surface area contributed by atoms with Crippen LogP contribution in [0.3, 0.4) is 0 Å². The van der Waals surface area contributed by atoms with Crippen molar-refractivity contribution >= 4 is 23.5 Å². The van der Waals surface area contributed by atoms with E-state index >= 15 is 0 Å². The van der Waals surface area contributed by atoms with Crippen LogP contribution in [0.4, 0.5) is 5.69 Å². The molecule has 0 bridgehead atoms. The van der Waals surface area contributed by atoms with E-state index in [2.05, 4.69) is 22.0 Å². The number of rotatable bonds is 5. The molecule has 0 radical (unpaired) electrons. The Hall–Kier alpha value is -3.22. The topological polar surface area (TPSA) is 88.6 Å². The number of pyridine rings is 1. The summed E-state index contributed by atoms with van der Waals surface area (Å²) in [6, 6.07) is 11.5. The molecule has 1 N–H and O–H groups in total. The smallest absolute Gasteiger partial charge is 0.337 e. The number of nitrogens with zero attached hydrogens (tertiary/aromatic N) is 2. The number of piperidine rings is 1. The molecule has 2 heterocycles. The van der Waals surface area contributed by atoms with Gasteiger partial charge in [-0.25, -0.2) is 9.78 Å². The summed E-state index contributed by atoms with van der Waals surface area (Å²) in [5, 5.41) is 2.73. The second-order valence-corrected chi connectivity index (χ2v) is 6.99. The van der Waals surface area contributed by atoms with E-state index in [4.69, 9.17) is 0 Å². The van der Waals surface area contributed by atoms with Crippen molar-refractivity contribution in [3.63, 3.8) is 0 Å². The highest BCUT2D eigenvalue weighted by molar-refractivity contribution is 6.04. The largest absolute Gasteiger partial charge is 0.465 e. The number of ether oxygens (including phenoxy) is 1. The molecule has 1 saturated heterocycles. The van der Waals surface area contributed by atoms with Crippen LogP contribution in [-0.4, -0.2) is 47.4 Å². The number of nitrogens with one attached hydrogen (secondary N) is 1. The highest BCUT2D eigenvalue weighted by Gasteiger charge is 2.27. The predicted octanol–water partition coefficient (Wildman–Crippen LogP) is 3.53. The van der Waals surface area contributed by atoms with Crippen molar-refractivity contribution in [1.29, 1.82) is 0 Å². The van der Waals surface area contributed by atoms with Crippen LogP contribution < -0.4 is 5.32 Å². The van der Waals surface area contributed by atoms with Gasteiger partial charge in [0.15, 0.2) is 0 Å². The second-order valence-electron chi connectivity index (χ2n) is 6.99. The molecule has 1 fully saturated rings. The number of hydrogen-bond acceptors (Lipinski definition) is 5. The Bertz CT molecular complexity index is 895. The molecule has 2 aromatic rings. The number of esters is 1. The SMILES string of the molecule is CCC1CCCCN1C(=O)c1cccc(C(=O)Nc2ccc(C(=O)OC)cc2)n1. The van der Waals surface area contributed by atoms with Gasteiger partial charge in [0, 0.05) is 18.3 Å². The van der Waals surface area contributed by atoms with Gasteiger partial charge in [-0.3, -0.25) is 9.59 Å². The molecule has 1 aliphatic rings. The lowest BCUT2D eigenvalue weighted by molar-refractivity contribution is 0.0593. The summed E-state index contributed by atoms with van der Waals surface area (Å²) in [6.45, 7) is 2.81. The zero-order valence-electron chi connectivity index (χ0n) is 16.7. The van der Waals surface area contributed by atoms with Gasteiger partial charge in [0.25, 0.3) is 11.8 Å². The molecule has 1 unspecified atom stereocenters. The Kier molecular flexibility index (Phi) is 6.59. The first-order valence-electron chi connectivity index (χ1n) is 9.81. The third kappa shape index (κ3) is 4.80. The fourth-order valence-corrected chi connectivity index (χ4v) is 3.52. The van der Waals surface area contributed by atoms with E-state index in [0.717, 1.165) is 32.2 Å². The van der Waals surface area contributed by atoms with Gasteiger partial charge < -0.3 is 15.0 Å². The van der Waals surface area contributed by atoms with Gasteiger partial charge in [0.05, 0.1) is 12.7 Å². The van der Waals surface area contributed by atoms with E-state index < -0.39 is 11.9 Å². The first-order valence-corrected chi connectivity index (χ1v) is 9.81. The average Bonchev–Trinajstić information content (AvgIpc) is 2.78. The fraction of sp³-hybridized carbons (Fsp3) is 0.364. The molecule has 0 spiro atoms. The zero-order chi connectivity index (χ0) is 20.8. The molecule has 29 heavy (non-hydrogen) atoms. The summed E-state index contributed by atoms with van der Waals surface area (Å²) < 4.78 is 4.66. The molecule has 3 rings (SSSR count). The summed E-state index contributed by atoms with van der Waals surface area (Å²) in [4.78, 5) is 43.1. The van der Waals surface area contributed by atoms with E-state index in [1.807, 2.05) is 4.90 Å². The molecule has 1 aromatic heterocycles. The second kappa shape index (κ2) is 9.32. The van der Waals surface area contributed by atoms with Crippen molar-refractivity contribution in [2.75, 3.05) is 19.0 Å². The molecular formula is C22H25N3O4. The van der Waals surface area contributed by atoms with Crippen LogP contribution in [0.5, 0.6) is 0 Å². The maximum Gasteiger partial charge on any atom is 0.337 e. The normalized spacial score (nSPS) is 16.2. The van der Waals surface area contributed by atoms with E-state index in [1.54, 1.807) is 42.5 Å². The molecule has 2 amide bonds. The molecule has 0 aliphatic carbocycles. The number of likely N-dealkylation sites (tertiary alicyclic amines) is 1. The van der Waals surface area contributed by atoms with Crippen LogP contribution in [0.25, 0.3) is 0 Å². The first kappa shape index (κ1) is 20.5. The van der Waals surface area contributed by atoms with E-state index in [0.29, 0.717) is 11.3 Å². The lowest BCUT2D eigenvalue weighted by Gasteiger charge is -2.35. The molecule has 152 valence electrons. The summed E-state index contributed by atoms with van der Waals surface area (Å²) >= 11 is 0. The summed E-state index contributed by atoms with van der Waals surface area (Å²) in [5.74, 6) is -0.997. The van der Waals surface area contributed by atoms with E-state index in [1.165, 1.54) is 7.11 Å². The molecule has 1 atom stereocenters. The van der Waals surface area contributed by atoms with Gasteiger partial charge in [-0.15, -0.1) is 0 Å². The predicted molar refractivity (Wildman–Crippen MR) is 109 cm³/mol. The maximum absolute atomic E-state index is 12.9. The van der Waals surface area contributed by atoms with Gasteiger partial charge >= 0.3 is 5.97 Å². The number of anilines is 1. The van der Waals surface area contributed by atoms with Crippen molar-refractivity contribution < 1.29 is 19.1 Å². The van der Waals surface area contributed by atoms with Gasteiger partial charge in [0.1, 0.15) is 11.4 Å². The molecule has 1 aliphatic heterocycles. The number of amides is 2. The molecule has 7 nitrogen and oxygen atoms in total. The Morgan fingerprint density at radius 3 is 2.52 bits per heavy atom. The Morgan fingerprint density at radius 2 is 1.83 bits per heavy atom. The third-order valence-corrected chi connectivity index (χ3v) is 5.12. The summed E-state index contributed by atoms with van der Waals surface area (Å²) in [5.41, 5.74) is 1.35. The van der Waals surface area contributed by atoms with Crippen molar-refractivity contribution in [3.05, 3.63) is 59.4 Å². The summed E-state index contributed by atoms with van der Waals surface area (Å²) in [6.07, 6.45) is 4.04. The average molecular weight is 395 g/mol. The van der Waals surface area contributed by atoms with Crippen LogP contribution in [0.15, 0.2) is 42.5 Å². The lowest BCUT2D eigenvalue weighted by atomic mass is 9.99. The highest BCUT2D eigenvalue weighted by Crippen LogP contribution is 2.21. The number of benzene rings is 1. The first-order chi connectivity index (χ1) is 14.0. The van der Waals surface area contributed by atoms with Crippen molar-refractivity contribution in [2.24, 2.45) is 0 Å². The van der Waals surface area contributed by atoms with Crippen LogP contribution in [0.2, 0.25) is 0 Å². The van der Waals surface area contributed by atoms with Crippen LogP contribution in [0.1, 0.15) is 63.9 Å². The minimum absolute atomic E-state index is 0.131. The number of aromatic nitrogens is 1. The minimum atomic E-state index is -0.446. The fourth-order valence-electron chi connectivity index (χ4n) is 3.52. The van der Waals surface area contributed by atoms with E-state index in [9.17, 15) is 14.4 Å². The Balaban J connectivity index is 1.72. The van der Waals surface area contributed by atoms with Crippen LogP contribution >= 0.6 is 0 Å². The zero-order valence-corrected chi connectivity index (χ0v) is 16.7. The Morgan fingerprint density at radius 1 is 1.10 bits per heavy atom. The quantitative estimate of drug-likeness (QED) is 0.783. The van der Waals surface area contributed by atoms with Crippen LogP contribution in [0, 0.1) is 0 Å². The monoisotopic (exact) mass is 395 g/mol. The molecule has 0 saturated carbocycles. The molecule has 7 heteroatoms. The minimum Gasteiger partial charge on any atom is -0.465 e. The van der Waals surface area contributed by atoms with Crippen molar-refractivity contribution in [3.8, 4) is 0 Å². The number of hydrogen-bond donors (Lipinski definition) is 1. The number of carbonyl (C=O) groups is 3. The summed E-state index contributed by atoms with van der Waals surface area (Å²) in [7, 11) is 1.31. The number of carbonyl (C=O) groups excluding carboxylic acids is 3. The van der Waals surface area contributed by atoms with Gasteiger partial charge in [-0.05, 0) is 62.1 Å². The van der Waals surface area contributed by atoms with Crippen molar-refractivity contribution in [2.45, 2.75) is 38.6 Å². The van der Waals surface area contributed by atoms with Gasteiger partial charge in [0.2, 0.25) is 0 Å². The lowest BCUT2D eigenvalue weighted by Crippen LogP contribution is -2.43. The standard InChI is InChI=1S/C22H25N3O4/c1-3-17-7-4-5-14-25(17)21(27)19-9-6-8-18(24-19)20(26)23-16-12-10-15(11-13-16)22(28)29-2/h6,8-13,17H,3-5,7,14H2,1-2H3,(H,23,26). The molecule has 1 aromatic carbocycles. The van der Waals surface area contributed by atoms with Gasteiger partial charge in [-0.2, -0.15) is 0 Å². The van der Waals surface area contributed by atoms with Crippen molar-refractivity contribution in [1.82, 2.24) is 9.88 Å².